The molecule has 13 heavy (non-hydrogen) atoms. The minimum Gasteiger partial charge on any atom is -0.274 e. The summed E-state index contributed by atoms with van der Waals surface area (Å²) in [5, 5.41) is 9.52. The summed E-state index contributed by atoms with van der Waals surface area (Å²) in [5.41, 5.74) is -0.774. The third-order valence-electron chi connectivity index (χ3n) is 1.24. The second kappa shape index (κ2) is 3.80. The van der Waals surface area contributed by atoms with Gasteiger partial charge in [-0.15, -0.1) is 0 Å². The Morgan fingerprint density at radius 1 is 1.69 bits per heavy atom. The van der Waals surface area contributed by atoms with Gasteiger partial charge in [0.15, 0.2) is 0 Å². The van der Waals surface area contributed by atoms with E-state index in [0.717, 1.165) is 0 Å². The number of hydrogen-bond acceptors (Lipinski definition) is 4. The molecule has 0 radical (unpaired) electrons. The van der Waals surface area contributed by atoms with E-state index in [2.05, 4.69) is 20.9 Å². The van der Waals surface area contributed by atoms with Crippen LogP contribution in [0, 0.1) is 10.1 Å². The molecule has 5 nitrogen and oxygen atoms in total. The van der Waals surface area contributed by atoms with Crippen molar-refractivity contribution >= 4 is 38.5 Å². The number of nitro groups is 1. The van der Waals surface area contributed by atoms with Gasteiger partial charge in [-0.3, -0.25) is 14.9 Å². The van der Waals surface area contributed by atoms with Crippen LogP contribution in [0.4, 0.5) is 5.69 Å². The van der Waals surface area contributed by atoms with E-state index in [9.17, 15) is 14.9 Å². The van der Waals surface area contributed by atoms with Crippen LogP contribution in [0.2, 0.25) is 0 Å². The Bertz CT molecular complexity index is 382. The van der Waals surface area contributed by atoms with Gasteiger partial charge in [0, 0.05) is 6.20 Å². The second-order valence-corrected chi connectivity index (χ2v) is 3.22. The van der Waals surface area contributed by atoms with Crippen LogP contribution in [0.1, 0.15) is 10.5 Å². The van der Waals surface area contributed by atoms with Gasteiger partial charge in [0.2, 0.25) is 5.69 Å². The van der Waals surface area contributed by atoms with Gasteiger partial charge < -0.3 is 0 Å². The molecule has 0 N–H and O–H groups in total. The highest BCUT2D eigenvalue weighted by Gasteiger charge is 2.23. The molecule has 1 heterocycles. The molecule has 7 heteroatoms. The van der Waals surface area contributed by atoms with Gasteiger partial charge in [-0.25, -0.2) is 4.98 Å². The first kappa shape index (κ1) is 10.1. The van der Waals surface area contributed by atoms with Crippen molar-refractivity contribution in [3.8, 4) is 0 Å². The fraction of sp³-hybridized carbons (Fsp3) is 0. The zero-order valence-electron chi connectivity index (χ0n) is 6.03. The fourth-order valence-corrected chi connectivity index (χ4v) is 1.34. The summed E-state index contributed by atoms with van der Waals surface area (Å²) >= 11 is 8.02. The van der Waals surface area contributed by atoms with Crippen LogP contribution in [0.3, 0.4) is 0 Å². The number of hydrogen-bond donors (Lipinski definition) is 0. The van der Waals surface area contributed by atoms with Crippen molar-refractivity contribution < 1.29 is 9.72 Å². The highest BCUT2D eigenvalue weighted by molar-refractivity contribution is 9.10. The van der Waals surface area contributed by atoms with Gasteiger partial charge >= 0.3 is 5.69 Å². The lowest BCUT2D eigenvalue weighted by Gasteiger charge is -1.97. The normalized spacial score (nSPS) is 9.69. The van der Waals surface area contributed by atoms with E-state index < -0.39 is 15.9 Å². The van der Waals surface area contributed by atoms with Crippen molar-refractivity contribution in [2.45, 2.75) is 0 Å². The van der Waals surface area contributed by atoms with E-state index in [-0.39, 0.29) is 10.2 Å². The Balaban J connectivity index is 3.43. The highest BCUT2D eigenvalue weighted by Crippen LogP contribution is 2.27. The Kier molecular flexibility index (Phi) is 2.94. The number of pyridine rings is 1. The quantitative estimate of drug-likeness (QED) is 0.466. The first-order valence-corrected chi connectivity index (χ1v) is 4.20. The van der Waals surface area contributed by atoms with Crippen LogP contribution in [-0.4, -0.2) is 15.1 Å². The van der Waals surface area contributed by atoms with Crippen LogP contribution in [0.25, 0.3) is 0 Å². The minimum atomic E-state index is -0.951. The van der Waals surface area contributed by atoms with Gasteiger partial charge in [0.25, 0.3) is 5.24 Å². The van der Waals surface area contributed by atoms with Crippen molar-refractivity contribution in [3.63, 3.8) is 0 Å². The molecule has 1 aromatic heterocycles. The van der Waals surface area contributed by atoms with Crippen molar-refractivity contribution in [1.29, 1.82) is 0 Å². The molecule has 0 amide bonds. The standard InChI is InChI=1S/C6H2BrClN2O3/c7-3-1-2-9-4(6(8)11)5(3)10(12)13/h1-2H. The molecule has 0 saturated heterocycles. The summed E-state index contributed by atoms with van der Waals surface area (Å²) in [4.78, 5) is 24.0. The van der Waals surface area contributed by atoms with Crippen LogP contribution in [0.5, 0.6) is 0 Å². The molecule has 0 aromatic carbocycles. The van der Waals surface area contributed by atoms with E-state index in [1.807, 2.05) is 0 Å². The lowest BCUT2D eigenvalue weighted by atomic mass is 10.3. The van der Waals surface area contributed by atoms with Gasteiger partial charge in [-0.1, -0.05) is 0 Å². The molecular formula is C6H2BrClN2O3. The van der Waals surface area contributed by atoms with E-state index in [1.165, 1.54) is 12.3 Å². The van der Waals surface area contributed by atoms with E-state index in [4.69, 9.17) is 11.6 Å². The molecule has 0 fully saturated rings. The predicted molar refractivity (Wildman–Crippen MR) is 48.8 cm³/mol. The van der Waals surface area contributed by atoms with Gasteiger partial charge in [0.05, 0.1) is 9.40 Å². The Labute approximate surface area is 86.0 Å². The summed E-state index contributed by atoms with van der Waals surface area (Å²) in [7, 11) is 0. The topological polar surface area (TPSA) is 73.1 Å². The van der Waals surface area contributed by atoms with Crippen molar-refractivity contribution in [2.75, 3.05) is 0 Å². The van der Waals surface area contributed by atoms with E-state index >= 15 is 0 Å². The molecule has 0 atom stereocenters. The average molecular weight is 265 g/mol. The highest BCUT2D eigenvalue weighted by atomic mass is 79.9. The minimum absolute atomic E-state index is 0.177. The first-order chi connectivity index (χ1) is 6.04. The molecular weight excluding hydrogens is 263 g/mol. The van der Waals surface area contributed by atoms with Crippen LogP contribution in [-0.2, 0) is 0 Å². The van der Waals surface area contributed by atoms with Gasteiger partial charge in [-0.05, 0) is 33.6 Å². The number of halogens is 2. The van der Waals surface area contributed by atoms with Crippen LogP contribution < -0.4 is 0 Å². The van der Waals surface area contributed by atoms with Crippen molar-refractivity contribution in [1.82, 2.24) is 4.98 Å². The molecule has 0 aliphatic carbocycles. The van der Waals surface area contributed by atoms with Crippen molar-refractivity contribution in [3.05, 3.63) is 32.5 Å². The largest absolute Gasteiger partial charge is 0.313 e. The number of carbonyl (C=O) groups excluding carboxylic acids is 1. The smallest absolute Gasteiger partial charge is 0.274 e. The molecule has 0 aliphatic heterocycles. The molecule has 1 rings (SSSR count). The molecule has 1 aromatic rings. The summed E-state index contributed by atoms with van der Waals surface area (Å²) in [5.74, 6) is 0. The SMILES string of the molecule is O=C(Cl)c1nccc(Br)c1[N+](=O)[O-]. The third-order valence-corrected chi connectivity index (χ3v) is 2.06. The van der Waals surface area contributed by atoms with Gasteiger partial charge in [0.1, 0.15) is 0 Å². The van der Waals surface area contributed by atoms with Crippen LogP contribution >= 0.6 is 27.5 Å². The monoisotopic (exact) mass is 264 g/mol. The second-order valence-electron chi connectivity index (χ2n) is 2.02. The Hall–Kier alpha value is -1.01. The first-order valence-electron chi connectivity index (χ1n) is 3.02. The predicted octanol–water partition coefficient (Wildman–Crippen LogP) is 2.13. The summed E-state index contributed by atoms with van der Waals surface area (Å²) in [6.45, 7) is 0. The summed E-state index contributed by atoms with van der Waals surface area (Å²) in [6, 6.07) is 1.36. The molecule has 68 valence electrons. The molecule has 0 bridgehead atoms. The third kappa shape index (κ3) is 2.02. The number of rotatable bonds is 2. The maximum atomic E-state index is 10.7. The fourth-order valence-electron chi connectivity index (χ4n) is 0.748. The molecule has 0 aliphatic rings. The number of nitrogens with zero attached hydrogens (tertiary/aromatic N) is 2. The Morgan fingerprint density at radius 3 is 2.69 bits per heavy atom. The molecule has 0 saturated carbocycles. The number of carbonyl (C=O) groups is 1. The maximum absolute atomic E-state index is 10.7. The van der Waals surface area contributed by atoms with E-state index in [1.54, 1.807) is 0 Å². The zero-order chi connectivity index (χ0) is 10.0. The molecule has 0 unspecified atom stereocenters. The average Bonchev–Trinajstić information content (AvgIpc) is 2.02. The zero-order valence-corrected chi connectivity index (χ0v) is 8.37. The van der Waals surface area contributed by atoms with Crippen LogP contribution in [0.15, 0.2) is 16.7 Å². The lowest BCUT2D eigenvalue weighted by molar-refractivity contribution is -0.386. The maximum Gasteiger partial charge on any atom is 0.313 e. The number of aromatic nitrogens is 1. The summed E-state index contributed by atoms with van der Waals surface area (Å²) < 4.78 is 0.177. The van der Waals surface area contributed by atoms with Crippen molar-refractivity contribution in [2.24, 2.45) is 0 Å². The summed E-state index contributed by atoms with van der Waals surface area (Å²) in [6.07, 6.45) is 1.26. The Morgan fingerprint density at radius 2 is 2.31 bits per heavy atom. The molecule has 0 spiro atoms. The van der Waals surface area contributed by atoms with E-state index in [0.29, 0.717) is 0 Å². The lowest BCUT2D eigenvalue weighted by Crippen LogP contribution is -2.01. The van der Waals surface area contributed by atoms with Gasteiger partial charge in [-0.2, -0.15) is 0 Å².